The first-order chi connectivity index (χ1) is 6.78. The second-order valence-electron chi connectivity index (χ2n) is 3.36. The van der Waals surface area contributed by atoms with Crippen LogP contribution in [-0.2, 0) is 17.8 Å². The number of β-amino-alcohol motifs (C(OH)–C–C–N with tert-alkyl or cyclic N) is 1. The van der Waals surface area contributed by atoms with Crippen LogP contribution in [0.2, 0.25) is 0 Å². The number of hydrogen-bond donors (Lipinski definition) is 1. The normalized spacial score (nSPS) is 23.1. The Morgan fingerprint density at radius 3 is 3.21 bits per heavy atom. The van der Waals surface area contributed by atoms with E-state index in [0.717, 1.165) is 17.1 Å². The molecule has 1 atom stereocenters. The summed E-state index contributed by atoms with van der Waals surface area (Å²) in [4.78, 5) is 9.69. The third kappa shape index (κ3) is 2.30. The first kappa shape index (κ1) is 10.0. The molecule has 1 saturated heterocycles. The molecule has 1 fully saturated rings. The minimum absolute atomic E-state index is 0.348. The Kier molecular flexibility index (Phi) is 3.12. The van der Waals surface area contributed by atoms with E-state index in [0.29, 0.717) is 19.7 Å². The van der Waals surface area contributed by atoms with Gasteiger partial charge in [0, 0.05) is 5.38 Å². The molecule has 0 spiro atoms. The fourth-order valence-electron chi connectivity index (χ4n) is 1.41. The predicted molar refractivity (Wildman–Crippen MR) is 53.9 cm³/mol. The maximum atomic E-state index is 9.24. The van der Waals surface area contributed by atoms with Crippen LogP contribution in [-0.4, -0.2) is 34.4 Å². The molecule has 1 aliphatic rings. The van der Waals surface area contributed by atoms with E-state index in [-0.39, 0.29) is 6.10 Å². The highest BCUT2D eigenvalue weighted by atomic mass is 32.1. The van der Waals surface area contributed by atoms with Gasteiger partial charge in [-0.1, -0.05) is 6.92 Å². The van der Waals surface area contributed by atoms with Crippen LogP contribution in [0.1, 0.15) is 17.6 Å². The van der Waals surface area contributed by atoms with Gasteiger partial charge in [0.2, 0.25) is 0 Å². The van der Waals surface area contributed by atoms with E-state index in [1.165, 1.54) is 0 Å². The average Bonchev–Trinajstić information content (AvgIpc) is 2.76. The third-order valence-electron chi connectivity index (χ3n) is 2.10. The van der Waals surface area contributed by atoms with E-state index in [4.69, 9.17) is 4.84 Å². The number of thiazole rings is 1. The van der Waals surface area contributed by atoms with Crippen molar-refractivity contribution in [1.82, 2.24) is 10.0 Å². The molecule has 14 heavy (non-hydrogen) atoms. The molecule has 0 aromatic carbocycles. The molecule has 1 aromatic heterocycles. The van der Waals surface area contributed by atoms with Gasteiger partial charge in [-0.25, -0.2) is 4.98 Å². The van der Waals surface area contributed by atoms with Crippen molar-refractivity contribution < 1.29 is 9.94 Å². The number of aliphatic hydroxyl groups is 1. The minimum Gasteiger partial charge on any atom is -0.389 e. The van der Waals surface area contributed by atoms with Crippen molar-refractivity contribution in [2.24, 2.45) is 0 Å². The number of hydrogen-bond acceptors (Lipinski definition) is 5. The molecule has 1 N–H and O–H groups in total. The molecule has 4 nitrogen and oxygen atoms in total. The van der Waals surface area contributed by atoms with Gasteiger partial charge in [-0.15, -0.1) is 11.3 Å². The summed E-state index contributed by atoms with van der Waals surface area (Å²) in [5.74, 6) is 0. The molecule has 0 radical (unpaired) electrons. The van der Waals surface area contributed by atoms with Gasteiger partial charge in [-0.3, -0.25) is 4.84 Å². The zero-order valence-corrected chi connectivity index (χ0v) is 8.96. The summed E-state index contributed by atoms with van der Waals surface area (Å²) in [5.41, 5.74) is 1.03. The molecule has 5 heteroatoms. The van der Waals surface area contributed by atoms with Crippen molar-refractivity contribution in [2.45, 2.75) is 26.0 Å². The van der Waals surface area contributed by atoms with E-state index >= 15 is 0 Å². The summed E-state index contributed by atoms with van der Waals surface area (Å²) < 4.78 is 0. The minimum atomic E-state index is -0.348. The lowest BCUT2D eigenvalue weighted by Crippen LogP contribution is -2.20. The lowest BCUT2D eigenvalue weighted by Gasteiger charge is -2.10. The molecule has 1 unspecified atom stereocenters. The van der Waals surface area contributed by atoms with Crippen molar-refractivity contribution in [2.75, 3.05) is 13.2 Å². The SMILES string of the molecule is CCc1nc(CN2CC(O)CO2)cs1. The maximum absolute atomic E-state index is 9.24. The summed E-state index contributed by atoms with van der Waals surface area (Å²) >= 11 is 1.68. The molecule has 2 heterocycles. The highest BCUT2D eigenvalue weighted by Crippen LogP contribution is 2.14. The predicted octanol–water partition coefficient (Wildman–Crippen LogP) is 0.814. The fraction of sp³-hybridized carbons (Fsp3) is 0.667. The largest absolute Gasteiger partial charge is 0.389 e. The molecule has 1 aliphatic heterocycles. The second kappa shape index (κ2) is 4.35. The first-order valence-corrected chi connectivity index (χ1v) is 5.65. The lowest BCUT2D eigenvalue weighted by atomic mass is 10.4. The quantitative estimate of drug-likeness (QED) is 0.809. The maximum Gasteiger partial charge on any atom is 0.0958 e. The van der Waals surface area contributed by atoms with Crippen molar-refractivity contribution >= 4 is 11.3 Å². The Balaban J connectivity index is 1.90. The summed E-state index contributed by atoms with van der Waals surface area (Å²) in [5, 5.41) is 14.2. The van der Waals surface area contributed by atoms with Gasteiger partial charge in [0.25, 0.3) is 0 Å². The standard InChI is InChI=1S/C9H14N2O2S/c1-2-9-10-7(6-14-9)3-11-4-8(12)5-13-11/h6,8,12H,2-5H2,1H3. The summed E-state index contributed by atoms with van der Waals surface area (Å²) in [6.07, 6.45) is 0.632. The molecule has 0 aliphatic carbocycles. The van der Waals surface area contributed by atoms with Crippen LogP contribution >= 0.6 is 11.3 Å². The van der Waals surface area contributed by atoms with E-state index < -0.39 is 0 Å². The fourth-order valence-corrected chi connectivity index (χ4v) is 2.14. The molecule has 0 amide bonds. The van der Waals surface area contributed by atoms with Crippen LogP contribution in [0.3, 0.4) is 0 Å². The second-order valence-corrected chi connectivity index (χ2v) is 4.30. The van der Waals surface area contributed by atoms with E-state index in [1.54, 1.807) is 16.4 Å². The number of aryl methyl sites for hydroxylation is 1. The van der Waals surface area contributed by atoms with Gasteiger partial charge >= 0.3 is 0 Å². The number of rotatable bonds is 3. The summed E-state index contributed by atoms with van der Waals surface area (Å²) in [6, 6.07) is 0. The van der Waals surface area contributed by atoms with Gasteiger partial charge in [0.05, 0.1) is 36.5 Å². The summed E-state index contributed by atoms with van der Waals surface area (Å²) in [7, 11) is 0. The van der Waals surface area contributed by atoms with Gasteiger partial charge in [0.1, 0.15) is 0 Å². The smallest absolute Gasteiger partial charge is 0.0958 e. The molecule has 2 rings (SSSR count). The Labute approximate surface area is 87.1 Å². The Bertz CT molecular complexity index is 303. The van der Waals surface area contributed by atoms with Crippen molar-refractivity contribution in [3.05, 3.63) is 16.1 Å². The average molecular weight is 214 g/mol. The van der Waals surface area contributed by atoms with Gasteiger partial charge in [0.15, 0.2) is 0 Å². The topological polar surface area (TPSA) is 45.6 Å². The highest BCUT2D eigenvalue weighted by Gasteiger charge is 2.21. The molecule has 0 saturated carbocycles. The Morgan fingerprint density at radius 2 is 2.64 bits per heavy atom. The van der Waals surface area contributed by atoms with Crippen LogP contribution in [0.25, 0.3) is 0 Å². The number of nitrogens with zero attached hydrogens (tertiary/aromatic N) is 2. The lowest BCUT2D eigenvalue weighted by molar-refractivity contribution is -0.118. The van der Waals surface area contributed by atoms with Crippen molar-refractivity contribution in [3.8, 4) is 0 Å². The van der Waals surface area contributed by atoms with Gasteiger partial charge < -0.3 is 5.11 Å². The van der Waals surface area contributed by atoms with Crippen LogP contribution in [0, 0.1) is 0 Å². The monoisotopic (exact) mass is 214 g/mol. The van der Waals surface area contributed by atoms with Crippen LogP contribution in [0.5, 0.6) is 0 Å². The van der Waals surface area contributed by atoms with E-state index in [2.05, 4.69) is 11.9 Å². The van der Waals surface area contributed by atoms with Crippen LogP contribution in [0.4, 0.5) is 0 Å². The van der Waals surface area contributed by atoms with Crippen LogP contribution < -0.4 is 0 Å². The molecular formula is C9H14N2O2S. The number of hydroxylamine groups is 2. The van der Waals surface area contributed by atoms with Crippen LogP contribution in [0.15, 0.2) is 5.38 Å². The highest BCUT2D eigenvalue weighted by molar-refractivity contribution is 7.09. The molecule has 0 bridgehead atoms. The Hall–Kier alpha value is -0.490. The number of aromatic nitrogens is 1. The summed E-state index contributed by atoms with van der Waals surface area (Å²) in [6.45, 7) is 3.76. The van der Waals surface area contributed by atoms with Crippen molar-refractivity contribution in [1.29, 1.82) is 0 Å². The number of aliphatic hydroxyl groups excluding tert-OH is 1. The van der Waals surface area contributed by atoms with E-state index in [1.807, 2.05) is 5.38 Å². The molecule has 1 aromatic rings. The molecular weight excluding hydrogens is 200 g/mol. The van der Waals surface area contributed by atoms with Crippen molar-refractivity contribution in [3.63, 3.8) is 0 Å². The van der Waals surface area contributed by atoms with E-state index in [9.17, 15) is 5.11 Å². The zero-order valence-electron chi connectivity index (χ0n) is 8.14. The molecule has 78 valence electrons. The Morgan fingerprint density at radius 1 is 1.79 bits per heavy atom. The van der Waals surface area contributed by atoms with Gasteiger partial charge in [-0.2, -0.15) is 5.06 Å². The first-order valence-electron chi connectivity index (χ1n) is 4.77. The zero-order chi connectivity index (χ0) is 9.97. The third-order valence-corrected chi connectivity index (χ3v) is 3.15. The van der Waals surface area contributed by atoms with Gasteiger partial charge in [-0.05, 0) is 6.42 Å².